The van der Waals surface area contributed by atoms with E-state index in [1.807, 2.05) is 37.3 Å². The van der Waals surface area contributed by atoms with E-state index in [2.05, 4.69) is 6.58 Å². The number of aliphatic hydroxyl groups excluding tert-OH is 2. The molecule has 0 spiro atoms. The van der Waals surface area contributed by atoms with E-state index in [1.54, 1.807) is 13.0 Å². The van der Waals surface area contributed by atoms with Crippen molar-refractivity contribution >= 4 is 0 Å². The molecule has 0 bridgehead atoms. The highest BCUT2D eigenvalue weighted by atomic mass is 16.7. The van der Waals surface area contributed by atoms with Gasteiger partial charge in [0.05, 0.1) is 18.8 Å². The van der Waals surface area contributed by atoms with Crippen molar-refractivity contribution in [2.75, 3.05) is 0 Å². The van der Waals surface area contributed by atoms with Gasteiger partial charge in [0.1, 0.15) is 18.3 Å². The lowest BCUT2D eigenvalue weighted by Crippen LogP contribution is -2.58. The van der Waals surface area contributed by atoms with Crippen molar-refractivity contribution in [1.29, 1.82) is 0 Å². The molecule has 1 aromatic carbocycles. The summed E-state index contributed by atoms with van der Waals surface area (Å²) < 4.78 is 17.1. The van der Waals surface area contributed by atoms with E-state index in [9.17, 15) is 10.2 Å². The standard InChI is InChI=1S/C17H24O5/c1-4-11(2)21-17-16(15(19)14(18)12(3)22-17)20-10-13-8-6-5-7-9-13/h4-9,11-12,14-19H,1,10H2,2-3H3/t11?,12-,14+,15+,16-,17-/m0/s1. The molecule has 2 N–H and O–H groups in total. The Morgan fingerprint density at radius 3 is 2.59 bits per heavy atom. The monoisotopic (exact) mass is 308 g/mol. The summed E-state index contributed by atoms with van der Waals surface area (Å²) in [6.45, 7) is 7.48. The van der Waals surface area contributed by atoms with Crippen LogP contribution in [0.2, 0.25) is 0 Å². The van der Waals surface area contributed by atoms with Crippen LogP contribution in [0, 0.1) is 0 Å². The molecule has 1 saturated heterocycles. The molecule has 5 nitrogen and oxygen atoms in total. The third kappa shape index (κ3) is 4.15. The molecule has 22 heavy (non-hydrogen) atoms. The van der Waals surface area contributed by atoms with Gasteiger partial charge in [0.15, 0.2) is 6.29 Å². The summed E-state index contributed by atoms with van der Waals surface area (Å²) in [6.07, 6.45) is -2.76. The highest BCUT2D eigenvalue weighted by Crippen LogP contribution is 2.26. The van der Waals surface area contributed by atoms with Crippen LogP contribution in [0.4, 0.5) is 0 Å². The van der Waals surface area contributed by atoms with Gasteiger partial charge in [-0.05, 0) is 19.4 Å². The van der Waals surface area contributed by atoms with Crippen LogP contribution in [0.5, 0.6) is 0 Å². The second-order valence-electron chi connectivity index (χ2n) is 5.53. The molecule has 1 aliphatic rings. The first kappa shape index (κ1) is 17.1. The Morgan fingerprint density at radius 2 is 1.95 bits per heavy atom. The highest BCUT2D eigenvalue weighted by molar-refractivity contribution is 5.13. The fraction of sp³-hybridized carbons (Fsp3) is 0.529. The predicted octanol–water partition coefficient (Wildman–Crippen LogP) is 1.63. The summed E-state index contributed by atoms with van der Waals surface area (Å²) >= 11 is 0. The number of rotatable bonds is 6. The third-order valence-corrected chi connectivity index (χ3v) is 3.75. The van der Waals surface area contributed by atoms with Crippen molar-refractivity contribution in [2.24, 2.45) is 0 Å². The lowest BCUT2D eigenvalue weighted by Gasteiger charge is -2.41. The SMILES string of the molecule is C=CC(C)O[C@H]1O[C@@H](C)[C@@H](O)[C@@H](O)[C@@H]1OCc1ccccc1. The summed E-state index contributed by atoms with van der Waals surface area (Å²) in [5, 5.41) is 20.3. The Bertz CT molecular complexity index is 463. The molecular formula is C17H24O5. The quantitative estimate of drug-likeness (QED) is 0.782. The molecule has 0 radical (unpaired) electrons. The molecule has 1 aliphatic heterocycles. The molecule has 6 atom stereocenters. The number of benzene rings is 1. The first-order valence-electron chi connectivity index (χ1n) is 7.48. The Morgan fingerprint density at radius 1 is 1.27 bits per heavy atom. The van der Waals surface area contributed by atoms with Crippen molar-refractivity contribution in [3.05, 3.63) is 48.6 Å². The second-order valence-corrected chi connectivity index (χ2v) is 5.53. The molecule has 122 valence electrons. The highest BCUT2D eigenvalue weighted by Gasteiger charge is 2.44. The van der Waals surface area contributed by atoms with E-state index in [-0.39, 0.29) is 6.10 Å². The predicted molar refractivity (Wildman–Crippen MR) is 82.1 cm³/mol. The van der Waals surface area contributed by atoms with Crippen LogP contribution in [-0.4, -0.2) is 47.0 Å². The first-order chi connectivity index (χ1) is 10.5. The number of aliphatic hydroxyl groups is 2. The van der Waals surface area contributed by atoms with Crippen molar-refractivity contribution in [3.8, 4) is 0 Å². The minimum atomic E-state index is -1.07. The van der Waals surface area contributed by atoms with Gasteiger partial charge in [0, 0.05) is 0 Å². The van der Waals surface area contributed by atoms with Gasteiger partial charge < -0.3 is 24.4 Å². The van der Waals surface area contributed by atoms with Crippen molar-refractivity contribution in [3.63, 3.8) is 0 Å². The zero-order valence-electron chi connectivity index (χ0n) is 13.0. The number of hydrogen-bond donors (Lipinski definition) is 2. The van der Waals surface area contributed by atoms with Gasteiger partial charge in [-0.15, -0.1) is 6.58 Å². The minimum absolute atomic E-state index is 0.248. The number of ether oxygens (including phenoxy) is 3. The molecule has 1 aromatic rings. The van der Waals surface area contributed by atoms with Crippen LogP contribution in [0.3, 0.4) is 0 Å². The first-order valence-corrected chi connectivity index (χ1v) is 7.48. The van der Waals surface area contributed by atoms with E-state index in [0.717, 1.165) is 5.56 Å². The summed E-state index contributed by atoms with van der Waals surface area (Å²) in [5.74, 6) is 0. The summed E-state index contributed by atoms with van der Waals surface area (Å²) in [6, 6.07) is 9.61. The van der Waals surface area contributed by atoms with Gasteiger partial charge in [-0.25, -0.2) is 0 Å². The van der Waals surface area contributed by atoms with Gasteiger partial charge in [-0.3, -0.25) is 0 Å². The molecule has 0 aliphatic carbocycles. The lowest BCUT2D eigenvalue weighted by molar-refractivity contribution is -0.309. The maximum atomic E-state index is 10.3. The van der Waals surface area contributed by atoms with E-state index < -0.39 is 30.7 Å². The summed E-state index contributed by atoms with van der Waals surface area (Å²) in [7, 11) is 0. The Labute approximate surface area is 131 Å². The van der Waals surface area contributed by atoms with Crippen molar-refractivity contribution in [1.82, 2.24) is 0 Å². The van der Waals surface area contributed by atoms with Gasteiger partial charge >= 0.3 is 0 Å². The van der Waals surface area contributed by atoms with Crippen LogP contribution in [-0.2, 0) is 20.8 Å². The van der Waals surface area contributed by atoms with Crippen LogP contribution in [0.25, 0.3) is 0 Å². The molecule has 0 saturated carbocycles. The molecule has 0 amide bonds. The van der Waals surface area contributed by atoms with Gasteiger partial charge in [-0.2, -0.15) is 0 Å². The maximum Gasteiger partial charge on any atom is 0.187 e. The van der Waals surface area contributed by atoms with Crippen LogP contribution in [0.15, 0.2) is 43.0 Å². The molecule has 5 heteroatoms. The van der Waals surface area contributed by atoms with Gasteiger partial charge in [0.2, 0.25) is 0 Å². The molecule has 1 heterocycles. The summed E-state index contributed by atoms with van der Waals surface area (Å²) in [5.41, 5.74) is 0.971. The van der Waals surface area contributed by atoms with E-state index >= 15 is 0 Å². The van der Waals surface area contributed by atoms with Gasteiger partial charge in [-0.1, -0.05) is 36.4 Å². The molecular weight excluding hydrogens is 284 g/mol. The van der Waals surface area contributed by atoms with Crippen LogP contribution >= 0.6 is 0 Å². The van der Waals surface area contributed by atoms with E-state index in [1.165, 1.54) is 0 Å². The van der Waals surface area contributed by atoms with Gasteiger partial charge in [0.25, 0.3) is 0 Å². The molecule has 1 fully saturated rings. The summed E-state index contributed by atoms with van der Waals surface area (Å²) in [4.78, 5) is 0. The number of hydrogen-bond acceptors (Lipinski definition) is 5. The molecule has 2 rings (SSSR count). The fourth-order valence-corrected chi connectivity index (χ4v) is 2.32. The maximum absolute atomic E-state index is 10.3. The smallest absolute Gasteiger partial charge is 0.187 e. The second kappa shape index (κ2) is 7.85. The average molecular weight is 308 g/mol. The largest absolute Gasteiger partial charge is 0.388 e. The van der Waals surface area contributed by atoms with Crippen LogP contribution in [0.1, 0.15) is 19.4 Å². The Balaban J connectivity index is 2.05. The normalized spacial score (nSPS) is 33.4. The van der Waals surface area contributed by atoms with E-state index in [0.29, 0.717) is 6.61 Å². The zero-order chi connectivity index (χ0) is 16.1. The van der Waals surface area contributed by atoms with Crippen LogP contribution < -0.4 is 0 Å². The van der Waals surface area contributed by atoms with E-state index in [4.69, 9.17) is 14.2 Å². The van der Waals surface area contributed by atoms with Crippen molar-refractivity contribution in [2.45, 2.75) is 57.3 Å². The van der Waals surface area contributed by atoms with Crippen molar-refractivity contribution < 1.29 is 24.4 Å². The minimum Gasteiger partial charge on any atom is -0.388 e. The molecule has 1 unspecified atom stereocenters. The lowest BCUT2D eigenvalue weighted by atomic mass is 9.99. The topological polar surface area (TPSA) is 68.2 Å². The third-order valence-electron chi connectivity index (χ3n) is 3.75. The zero-order valence-corrected chi connectivity index (χ0v) is 13.0. The average Bonchev–Trinajstić information content (AvgIpc) is 2.53. The fourth-order valence-electron chi connectivity index (χ4n) is 2.32. The Hall–Kier alpha value is -1.24. The Kier molecular flexibility index (Phi) is 6.11. The molecule has 0 aromatic heterocycles.